The predicted molar refractivity (Wildman–Crippen MR) is 109 cm³/mol. The number of nitrogens with one attached hydrogen (secondary N) is 3. The fourth-order valence-corrected chi connectivity index (χ4v) is 2.21. The number of ether oxygens (including phenoxy) is 2. The minimum absolute atomic E-state index is 0.165. The second kappa shape index (κ2) is 9.83. The molecule has 1 aromatic heterocycles. The van der Waals surface area contributed by atoms with Crippen LogP contribution in [0.2, 0.25) is 0 Å². The van der Waals surface area contributed by atoms with E-state index in [-0.39, 0.29) is 12.5 Å². The summed E-state index contributed by atoms with van der Waals surface area (Å²) in [5.74, 6) is 0.732. The Labute approximate surface area is 169 Å². The number of carbonyl (C=O) groups excluding carboxylic acids is 2. The van der Waals surface area contributed by atoms with Gasteiger partial charge in [-0.05, 0) is 52.0 Å². The van der Waals surface area contributed by atoms with Crippen LogP contribution < -0.4 is 10.6 Å². The first-order valence-electron chi connectivity index (χ1n) is 9.20. The van der Waals surface area contributed by atoms with Crippen molar-refractivity contribution in [2.75, 3.05) is 11.9 Å². The van der Waals surface area contributed by atoms with Gasteiger partial charge in [0.1, 0.15) is 17.5 Å². The van der Waals surface area contributed by atoms with Gasteiger partial charge in [0, 0.05) is 11.3 Å². The van der Waals surface area contributed by atoms with Gasteiger partial charge in [-0.25, -0.2) is 9.78 Å². The minimum atomic E-state index is -0.583. The molecule has 1 heterocycles. The summed E-state index contributed by atoms with van der Waals surface area (Å²) >= 11 is 0. The number of H-pyrrole nitrogens is 1. The Bertz CT molecular complexity index is 839. The number of amides is 2. The van der Waals surface area contributed by atoms with Crippen LogP contribution in [0.15, 0.2) is 36.9 Å². The largest absolute Gasteiger partial charge is 0.444 e. The molecule has 2 rings (SSSR count). The fourth-order valence-electron chi connectivity index (χ4n) is 2.21. The second-order valence-electron chi connectivity index (χ2n) is 7.29. The van der Waals surface area contributed by atoms with Crippen molar-refractivity contribution >= 4 is 17.7 Å². The maximum Gasteiger partial charge on any atom is 0.408 e. The summed E-state index contributed by atoms with van der Waals surface area (Å²) in [7, 11) is 0. The third-order valence-corrected chi connectivity index (χ3v) is 3.57. The van der Waals surface area contributed by atoms with Crippen molar-refractivity contribution in [3.8, 4) is 11.4 Å². The van der Waals surface area contributed by atoms with E-state index in [1.54, 1.807) is 58.0 Å². The van der Waals surface area contributed by atoms with Crippen LogP contribution in [0, 0.1) is 0 Å². The van der Waals surface area contributed by atoms with Gasteiger partial charge in [-0.15, -0.1) is 6.58 Å². The Balaban J connectivity index is 1.91. The number of rotatable bonds is 8. The average molecular weight is 401 g/mol. The number of alkyl carbamates (subject to hydrolysis) is 1. The first-order valence-corrected chi connectivity index (χ1v) is 9.20. The van der Waals surface area contributed by atoms with Crippen molar-refractivity contribution in [3.63, 3.8) is 0 Å². The van der Waals surface area contributed by atoms with Crippen molar-refractivity contribution in [2.24, 2.45) is 0 Å². The Morgan fingerprint density at radius 2 is 1.97 bits per heavy atom. The Hall–Kier alpha value is -3.20. The van der Waals surface area contributed by atoms with Crippen molar-refractivity contribution < 1.29 is 19.1 Å². The lowest BCUT2D eigenvalue weighted by Crippen LogP contribution is -2.32. The van der Waals surface area contributed by atoms with Crippen LogP contribution in [0.5, 0.6) is 0 Å². The molecule has 0 bridgehead atoms. The van der Waals surface area contributed by atoms with E-state index in [2.05, 4.69) is 32.4 Å². The molecule has 0 saturated heterocycles. The summed E-state index contributed by atoms with van der Waals surface area (Å²) in [6, 6.07) is 7.09. The molecule has 0 unspecified atom stereocenters. The zero-order valence-corrected chi connectivity index (χ0v) is 17.1. The summed E-state index contributed by atoms with van der Waals surface area (Å²) < 4.78 is 10.5. The van der Waals surface area contributed by atoms with E-state index in [1.165, 1.54) is 0 Å². The lowest BCUT2D eigenvalue weighted by Gasteiger charge is -2.19. The van der Waals surface area contributed by atoms with Gasteiger partial charge in [-0.2, -0.15) is 5.10 Å². The van der Waals surface area contributed by atoms with E-state index >= 15 is 0 Å². The van der Waals surface area contributed by atoms with Crippen LogP contribution in [0.4, 0.5) is 10.5 Å². The normalized spacial score (nSPS) is 12.1. The molecule has 0 fully saturated rings. The molecule has 0 spiro atoms. The number of nitrogens with zero attached hydrogens (tertiary/aromatic N) is 2. The number of hydrogen-bond donors (Lipinski definition) is 3. The van der Waals surface area contributed by atoms with E-state index in [4.69, 9.17) is 9.47 Å². The van der Waals surface area contributed by atoms with Crippen LogP contribution in [0.3, 0.4) is 0 Å². The van der Waals surface area contributed by atoms with Gasteiger partial charge in [0.05, 0.1) is 13.2 Å². The molecule has 2 amide bonds. The highest BCUT2D eigenvalue weighted by Gasteiger charge is 2.16. The average Bonchev–Trinajstić information content (AvgIpc) is 3.12. The molecule has 3 N–H and O–H groups in total. The molecule has 29 heavy (non-hydrogen) atoms. The van der Waals surface area contributed by atoms with Gasteiger partial charge < -0.3 is 20.1 Å². The molecule has 0 radical (unpaired) electrons. The first-order chi connectivity index (χ1) is 13.7. The molecule has 9 nitrogen and oxygen atoms in total. The predicted octanol–water partition coefficient (Wildman–Crippen LogP) is 3.03. The topological polar surface area (TPSA) is 118 Å². The standard InChI is InChI=1S/C20H27N5O4/c1-6-11-28-13(2)18(26)22-15-9-7-14(8-10-15)17-23-16(24-25-17)12-21-19(27)29-20(3,4)5/h6-10,13H,1,11-12H2,2-5H3,(H,21,27)(H,22,26)(H,23,24,25)/t13-/m0/s1. The Morgan fingerprint density at radius 3 is 2.59 bits per heavy atom. The number of hydrogen-bond acceptors (Lipinski definition) is 6. The lowest BCUT2D eigenvalue weighted by molar-refractivity contribution is -0.125. The summed E-state index contributed by atoms with van der Waals surface area (Å²) in [5.41, 5.74) is 0.831. The van der Waals surface area contributed by atoms with Gasteiger partial charge >= 0.3 is 6.09 Å². The molecule has 0 aliphatic rings. The SMILES string of the molecule is C=CCO[C@@H](C)C(=O)Nc1ccc(-c2n[nH]c(CNC(=O)OC(C)(C)C)n2)cc1. The zero-order chi connectivity index (χ0) is 21.4. The number of benzene rings is 1. The maximum absolute atomic E-state index is 12.0. The highest BCUT2D eigenvalue weighted by molar-refractivity contribution is 5.94. The summed E-state index contributed by atoms with van der Waals surface area (Å²) in [6.45, 7) is 11.1. The fraction of sp³-hybridized carbons (Fsp3) is 0.400. The Kier molecular flexibility index (Phi) is 7.49. The summed E-state index contributed by atoms with van der Waals surface area (Å²) in [6.07, 6.45) is 0.481. The highest BCUT2D eigenvalue weighted by Crippen LogP contribution is 2.18. The second-order valence-corrected chi connectivity index (χ2v) is 7.29. The molecule has 0 aliphatic carbocycles. The third kappa shape index (κ3) is 7.38. The van der Waals surface area contributed by atoms with Gasteiger partial charge in [0.25, 0.3) is 5.91 Å². The van der Waals surface area contributed by atoms with Gasteiger partial charge in [-0.1, -0.05) is 6.08 Å². The maximum atomic E-state index is 12.0. The van der Waals surface area contributed by atoms with E-state index in [0.29, 0.717) is 23.9 Å². The number of carbonyl (C=O) groups is 2. The molecule has 156 valence electrons. The van der Waals surface area contributed by atoms with E-state index in [0.717, 1.165) is 5.56 Å². The van der Waals surface area contributed by atoms with E-state index < -0.39 is 17.8 Å². The zero-order valence-electron chi connectivity index (χ0n) is 17.1. The van der Waals surface area contributed by atoms with Gasteiger partial charge in [0.15, 0.2) is 5.82 Å². The lowest BCUT2D eigenvalue weighted by atomic mass is 10.2. The Morgan fingerprint density at radius 1 is 1.28 bits per heavy atom. The molecule has 0 aliphatic heterocycles. The van der Waals surface area contributed by atoms with Gasteiger partial charge in [0.2, 0.25) is 0 Å². The number of anilines is 1. The monoisotopic (exact) mass is 401 g/mol. The smallest absolute Gasteiger partial charge is 0.408 e. The van der Waals surface area contributed by atoms with E-state index in [1.807, 2.05) is 0 Å². The van der Waals surface area contributed by atoms with Crippen LogP contribution in [-0.2, 0) is 20.8 Å². The quantitative estimate of drug-likeness (QED) is 0.585. The molecule has 2 aromatic rings. The van der Waals surface area contributed by atoms with E-state index in [9.17, 15) is 9.59 Å². The number of aromatic amines is 1. The van der Waals surface area contributed by atoms with Crippen LogP contribution in [0.1, 0.15) is 33.5 Å². The van der Waals surface area contributed by atoms with Crippen LogP contribution in [-0.4, -0.2) is 45.5 Å². The van der Waals surface area contributed by atoms with Crippen LogP contribution >= 0.6 is 0 Å². The van der Waals surface area contributed by atoms with Crippen molar-refractivity contribution in [2.45, 2.75) is 45.9 Å². The van der Waals surface area contributed by atoms with Crippen LogP contribution in [0.25, 0.3) is 11.4 Å². The van der Waals surface area contributed by atoms with Crippen molar-refractivity contribution in [1.29, 1.82) is 0 Å². The summed E-state index contributed by atoms with van der Waals surface area (Å²) in [5, 5.41) is 12.3. The number of aromatic nitrogens is 3. The van der Waals surface area contributed by atoms with Gasteiger partial charge in [-0.3, -0.25) is 9.89 Å². The highest BCUT2D eigenvalue weighted by atomic mass is 16.6. The molecular formula is C20H27N5O4. The summed E-state index contributed by atoms with van der Waals surface area (Å²) in [4.78, 5) is 28.1. The minimum Gasteiger partial charge on any atom is -0.444 e. The molecular weight excluding hydrogens is 374 g/mol. The van der Waals surface area contributed by atoms with Crippen molar-refractivity contribution in [3.05, 3.63) is 42.7 Å². The molecule has 1 aromatic carbocycles. The van der Waals surface area contributed by atoms with Crippen molar-refractivity contribution in [1.82, 2.24) is 20.5 Å². The molecule has 1 atom stereocenters. The molecule has 9 heteroatoms. The molecule has 0 saturated carbocycles. The third-order valence-electron chi connectivity index (χ3n) is 3.57. The first kappa shape index (κ1) is 22.1.